The van der Waals surface area contributed by atoms with Gasteiger partial charge in [0.2, 0.25) is 0 Å². The van der Waals surface area contributed by atoms with E-state index in [-0.39, 0.29) is 6.61 Å². The molecule has 2 aromatic carbocycles. The molecule has 0 bridgehead atoms. The Balaban J connectivity index is 1.29. The van der Waals surface area contributed by atoms with Crippen LogP contribution < -0.4 is 14.8 Å². The van der Waals surface area contributed by atoms with Gasteiger partial charge >= 0.3 is 0 Å². The highest BCUT2D eigenvalue weighted by molar-refractivity contribution is 5.28. The topological polar surface area (TPSA) is 69.2 Å². The number of nitrogens with one attached hydrogen (secondary N) is 1. The highest BCUT2D eigenvalue weighted by Crippen LogP contribution is 2.28. The summed E-state index contributed by atoms with van der Waals surface area (Å²) in [6, 6.07) is 17.5. The summed E-state index contributed by atoms with van der Waals surface area (Å²) in [6.07, 6.45) is 1.01. The molecule has 0 aromatic heterocycles. The molecule has 1 saturated heterocycles. The zero-order chi connectivity index (χ0) is 20.4. The molecule has 2 N–H and O–H groups in total. The molecule has 0 spiro atoms. The minimum Gasteiger partial charge on any atom is -0.492 e. The molecule has 158 valence electrons. The van der Waals surface area contributed by atoms with Crippen molar-refractivity contribution < 1.29 is 24.1 Å². The molecule has 6 heteroatoms. The molecule has 1 aliphatic heterocycles. The van der Waals surface area contributed by atoms with Crippen molar-refractivity contribution >= 4 is 0 Å². The lowest BCUT2D eigenvalue weighted by molar-refractivity contribution is -0.157. The summed E-state index contributed by atoms with van der Waals surface area (Å²) >= 11 is 0. The van der Waals surface area contributed by atoms with E-state index < -0.39 is 11.9 Å². The molecule has 1 atom stereocenters. The minimum atomic E-state index is -0.569. The van der Waals surface area contributed by atoms with Crippen LogP contribution in [0.25, 0.3) is 0 Å². The molecule has 2 aromatic rings. The van der Waals surface area contributed by atoms with Crippen LogP contribution in [0.1, 0.15) is 18.9 Å². The summed E-state index contributed by atoms with van der Waals surface area (Å²) in [6.45, 7) is 5.28. The second-order valence-corrected chi connectivity index (χ2v) is 7.11. The van der Waals surface area contributed by atoms with Gasteiger partial charge in [0, 0.05) is 19.5 Å². The van der Waals surface area contributed by atoms with Gasteiger partial charge in [0.15, 0.2) is 5.79 Å². The number of rotatable bonds is 12. The van der Waals surface area contributed by atoms with Crippen LogP contribution >= 0.6 is 0 Å². The van der Waals surface area contributed by atoms with Crippen LogP contribution in [-0.2, 0) is 15.9 Å². The van der Waals surface area contributed by atoms with Crippen LogP contribution in [0.3, 0.4) is 0 Å². The molecule has 0 amide bonds. The highest BCUT2D eigenvalue weighted by Gasteiger charge is 2.34. The lowest BCUT2D eigenvalue weighted by atomic mass is 10.0. The van der Waals surface area contributed by atoms with Gasteiger partial charge in [-0.15, -0.1) is 0 Å². The molecule has 29 heavy (non-hydrogen) atoms. The van der Waals surface area contributed by atoms with Gasteiger partial charge in [0.1, 0.15) is 30.8 Å². The molecule has 0 saturated carbocycles. The average Bonchev–Trinajstić information content (AvgIpc) is 3.23. The number of hydrogen-bond donors (Lipinski definition) is 2. The minimum absolute atomic E-state index is 0.256. The van der Waals surface area contributed by atoms with Crippen LogP contribution in [-0.4, -0.2) is 56.5 Å². The van der Waals surface area contributed by atoms with Crippen molar-refractivity contribution in [2.24, 2.45) is 0 Å². The third-order valence-corrected chi connectivity index (χ3v) is 4.86. The van der Waals surface area contributed by atoms with Crippen LogP contribution in [0, 0.1) is 0 Å². The molecule has 0 aliphatic carbocycles. The van der Waals surface area contributed by atoms with E-state index in [1.165, 1.54) is 5.56 Å². The van der Waals surface area contributed by atoms with E-state index in [1.807, 2.05) is 42.5 Å². The molecule has 6 nitrogen and oxygen atoms in total. The number of para-hydroxylation sites is 1. The quantitative estimate of drug-likeness (QED) is 0.533. The van der Waals surface area contributed by atoms with E-state index >= 15 is 0 Å². The van der Waals surface area contributed by atoms with Crippen molar-refractivity contribution in [2.45, 2.75) is 31.7 Å². The SMILES string of the molecule is CCC1(Cc2ccc(OCCNCC(O)COc3ccccc3)cc2)OCCO1. The van der Waals surface area contributed by atoms with Crippen LogP contribution in [0.2, 0.25) is 0 Å². The van der Waals surface area contributed by atoms with E-state index in [1.54, 1.807) is 0 Å². The third-order valence-electron chi connectivity index (χ3n) is 4.86. The second kappa shape index (κ2) is 11.2. The number of aliphatic hydroxyl groups excluding tert-OH is 1. The first-order chi connectivity index (χ1) is 14.2. The van der Waals surface area contributed by atoms with Crippen LogP contribution in [0.4, 0.5) is 0 Å². The Labute approximate surface area is 172 Å². The van der Waals surface area contributed by atoms with E-state index in [4.69, 9.17) is 18.9 Å². The number of hydrogen-bond acceptors (Lipinski definition) is 6. The average molecular weight is 402 g/mol. The maximum absolute atomic E-state index is 9.97. The molecule has 1 aliphatic rings. The highest BCUT2D eigenvalue weighted by atomic mass is 16.7. The Morgan fingerprint density at radius 2 is 1.69 bits per heavy atom. The second-order valence-electron chi connectivity index (χ2n) is 7.11. The maximum Gasteiger partial charge on any atom is 0.172 e. The first-order valence-corrected chi connectivity index (χ1v) is 10.3. The molecule has 0 radical (unpaired) electrons. The monoisotopic (exact) mass is 401 g/mol. The fourth-order valence-corrected chi connectivity index (χ4v) is 3.22. The van der Waals surface area contributed by atoms with Gasteiger partial charge in [0.05, 0.1) is 13.2 Å². The lowest BCUT2D eigenvalue weighted by Crippen LogP contribution is -2.33. The van der Waals surface area contributed by atoms with Crippen molar-refractivity contribution in [3.63, 3.8) is 0 Å². The number of ether oxygens (including phenoxy) is 4. The van der Waals surface area contributed by atoms with Gasteiger partial charge in [-0.3, -0.25) is 0 Å². The lowest BCUT2D eigenvalue weighted by Gasteiger charge is -2.26. The Bertz CT molecular complexity index is 701. The van der Waals surface area contributed by atoms with Gasteiger partial charge in [-0.05, 0) is 36.2 Å². The summed E-state index contributed by atoms with van der Waals surface area (Å²) < 4.78 is 22.9. The smallest absolute Gasteiger partial charge is 0.172 e. The Kier molecular flexibility index (Phi) is 8.31. The largest absolute Gasteiger partial charge is 0.492 e. The predicted molar refractivity (Wildman–Crippen MR) is 111 cm³/mol. The summed E-state index contributed by atoms with van der Waals surface area (Å²) in [5, 5.41) is 13.1. The summed E-state index contributed by atoms with van der Waals surface area (Å²) in [5.41, 5.74) is 1.17. The number of aliphatic hydroxyl groups is 1. The van der Waals surface area contributed by atoms with Crippen LogP contribution in [0.15, 0.2) is 54.6 Å². The summed E-state index contributed by atoms with van der Waals surface area (Å²) in [5.74, 6) is 1.11. The van der Waals surface area contributed by atoms with Crippen molar-refractivity contribution in [1.82, 2.24) is 5.32 Å². The summed E-state index contributed by atoms with van der Waals surface area (Å²) in [4.78, 5) is 0. The van der Waals surface area contributed by atoms with Gasteiger partial charge in [-0.25, -0.2) is 0 Å². The molecule has 1 unspecified atom stereocenters. The molecular formula is C23H31NO5. The first-order valence-electron chi connectivity index (χ1n) is 10.3. The Morgan fingerprint density at radius 3 is 2.38 bits per heavy atom. The van der Waals surface area contributed by atoms with Gasteiger partial charge in [-0.2, -0.15) is 0 Å². The van der Waals surface area contributed by atoms with Gasteiger partial charge in [0.25, 0.3) is 0 Å². The standard InChI is InChI=1S/C23H31NO5/c1-2-23(28-14-15-29-23)16-19-8-10-22(11-9-19)26-13-12-24-17-20(25)18-27-21-6-4-3-5-7-21/h3-11,20,24-25H,2,12-18H2,1H3. The fourth-order valence-electron chi connectivity index (χ4n) is 3.22. The number of benzene rings is 2. The van der Waals surface area contributed by atoms with E-state index in [0.717, 1.165) is 24.3 Å². The molecule has 1 fully saturated rings. The van der Waals surface area contributed by atoms with Crippen molar-refractivity contribution in [3.05, 3.63) is 60.2 Å². The van der Waals surface area contributed by atoms with Crippen molar-refractivity contribution in [2.75, 3.05) is 39.5 Å². The Hall–Kier alpha value is -2.12. The van der Waals surface area contributed by atoms with E-state index in [2.05, 4.69) is 24.4 Å². The fraction of sp³-hybridized carbons (Fsp3) is 0.478. The molecule has 3 rings (SSSR count). The van der Waals surface area contributed by atoms with Crippen molar-refractivity contribution in [1.29, 1.82) is 0 Å². The summed E-state index contributed by atoms with van der Waals surface area (Å²) in [7, 11) is 0. The third kappa shape index (κ3) is 7.01. The molecular weight excluding hydrogens is 370 g/mol. The zero-order valence-corrected chi connectivity index (χ0v) is 17.0. The Morgan fingerprint density at radius 1 is 1.00 bits per heavy atom. The molecule has 1 heterocycles. The van der Waals surface area contributed by atoms with Crippen molar-refractivity contribution in [3.8, 4) is 11.5 Å². The van der Waals surface area contributed by atoms with Gasteiger partial charge < -0.3 is 29.4 Å². The van der Waals surface area contributed by atoms with E-state index in [9.17, 15) is 5.11 Å². The normalized spacial score (nSPS) is 16.5. The van der Waals surface area contributed by atoms with Crippen LogP contribution in [0.5, 0.6) is 11.5 Å². The zero-order valence-electron chi connectivity index (χ0n) is 17.0. The first kappa shape index (κ1) is 21.6. The maximum atomic E-state index is 9.97. The predicted octanol–water partition coefficient (Wildman–Crippen LogP) is 2.79. The van der Waals surface area contributed by atoms with Gasteiger partial charge in [-0.1, -0.05) is 37.3 Å². The van der Waals surface area contributed by atoms with E-state index in [0.29, 0.717) is 32.9 Å².